The number of hydrogen-bond donors (Lipinski definition) is 1. The molecule has 2 aromatic rings. The molecule has 1 aliphatic rings. The van der Waals surface area contributed by atoms with Crippen LogP contribution in [0.4, 0.5) is 5.69 Å². The number of amides is 2. The van der Waals surface area contributed by atoms with Gasteiger partial charge in [0.1, 0.15) is 11.3 Å². The number of hydrogen-bond acceptors (Lipinski definition) is 3. The Morgan fingerprint density at radius 2 is 1.83 bits per heavy atom. The van der Waals surface area contributed by atoms with Crippen LogP contribution in [-0.2, 0) is 9.59 Å². The van der Waals surface area contributed by atoms with Gasteiger partial charge in [-0.15, -0.1) is 0 Å². The summed E-state index contributed by atoms with van der Waals surface area (Å²) >= 11 is 6.09. The summed E-state index contributed by atoms with van der Waals surface area (Å²) in [5.41, 5.74) is 4.77. The number of nitrogens with one attached hydrogen (secondary N) is 1. The lowest BCUT2D eigenvalue weighted by Crippen LogP contribution is -2.35. The van der Waals surface area contributed by atoms with Crippen molar-refractivity contribution in [3.05, 3.63) is 64.2 Å². The zero-order chi connectivity index (χ0) is 17.3. The SMILES string of the molecule is COc1ccc(C=C2C(=O)NN(c3ccc(C)c(Cl)c3)C2=O)cc1. The first-order valence-electron chi connectivity index (χ1n) is 7.27. The number of rotatable bonds is 3. The Balaban J connectivity index is 1.90. The van der Waals surface area contributed by atoms with Crippen molar-refractivity contribution in [1.29, 1.82) is 0 Å². The molecule has 0 radical (unpaired) electrons. The second-order valence-corrected chi connectivity index (χ2v) is 5.75. The van der Waals surface area contributed by atoms with E-state index in [1.165, 1.54) is 5.01 Å². The number of methoxy groups -OCH3 is 1. The van der Waals surface area contributed by atoms with Gasteiger partial charge in [-0.05, 0) is 48.4 Å². The lowest BCUT2D eigenvalue weighted by atomic mass is 10.1. The zero-order valence-corrected chi connectivity index (χ0v) is 13.9. The van der Waals surface area contributed by atoms with Crippen LogP contribution in [0.2, 0.25) is 5.02 Å². The molecule has 122 valence electrons. The fourth-order valence-electron chi connectivity index (χ4n) is 2.33. The lowest BCUT2D eigenvalue weighted by Gasteiger charge is -2.15. The number of nitrogens with zero attached hydrogens (tertiary/aromatic N) is 1. The van der Waals surface area contributed by atoms with Crippen molar-refractivity contribution in [3.8, 4) is 5.75 Å². The quantitative estimate of drug-likeness (QED) is 0.688. The van der Waals surface area contributed by atoms with E-state index in [4.69, 9.17) is 16.3 Å². The Bertz CT molecular complexity index is 844. The molecule has 0 spiro atoms. The molecule has 0 atom stereocenters. The molecule has 0 bridgehead atoms. The molecule has 0 unspecified atom stereocenters. The first-order chi connectivity index (χ1) is 11.5. The van der Waals surface area contributed by atoms with Gasteiger partial charge in [0.05, 0.1) is 12.8 Å². The topological polar surface area (TPSA) is 58.6 Å². The van der Waals surface area contributed by atoms with Crippen molar-refractivity contribution >= 4 is 35.2 Å². The van der Waals surface area contributed by atoms with E-state index < -0.39 is 11.8 Å². The summed E-state index contributed by atoms with van der Waals surface area (Å²) in [6, 6.07) is 12.3. The van der Waals surface area contributed by atoms with Gasteiger partial charge in [0, 0.05) is 5.02 Å². The van der Waals surface area contributed by atoms with E-state index in [1.807, 2.05) is 6.92 Å². The highest BCUT2D eigenvalue weighted by atomic mass is 35.5. The number of carbonyl (C=O) groups is 2. The maximum atomic E-state index is 12.5. The fourth-order valence-corrected chi connectivity index (χ4v) is 2.50. The van der Waals surface area contributed by atoms with Gasteiger partial charge >= 0.3 is 0 Å². The van der Waals surface area contributed by atoms with E-state index in [0.29, 0.717) is 16.5 Å². The Kier molecular flexibility index (Phi) is 4.27. The number of hydrazine groups is 1. The van der Waals surface area contributed by atoms with Gasteiger partial charge in [-0.2, -0.15) is 0 Å². The molecule has 24 heavy (non-hydrogen) atoms. The third kappa shape index (κ3) is 2.98. The molecule has 0 saturated carbocycles. The molecule has 2 aromatic carbocycles. The minimum atomic E-state index is -0.451. The van der Waals surface area contributed by atoms with Gasteiger partial charge in [0.2, 0.25) is 0 Å². The number of benzene rings is 2. The maximum absolute atomic E-state index is 12.5. The van der Waals surface area contributed by atoms with Gasteiger partial charge in [0.25, 0.3) is 11.8 Å². The van der Waals surface area contributed by atoms with Crippen LogP contribution in [0.25, 0.3) is 6.08 Å². The Labute approximate surface area is 144 Å². The normalized spacial score (nSPS) is 15.8. The summed E-state index contributed by atoms with van der Waals surface area (Å²) in [5.74, 6) is -0.168. The smallest absolute Gasteiger partial charge is 0.282 e. The summed E-state index contributed by atoms with van der Waals surface area (Å²) in [6.07, 6.45) is 1.55. The van der Waals surface area contributed by atoms with Crippen LogP contribution in [0.1, 0.15) is 11.1 Å². The number of aryl methyl sites for hydroxylation is 1. The highest BCUT2D eigenvalue weighted by Crippen LogP contribution is 2.26. The van der Waals surface area contributed by atoms with Crippen LogP contribution in [0, 0.1) is 6.92 Å². The number of carbonyl (C=O) groups excluding carboxylic acids is 2. The van der Waals surface area contributed by atoms with Crippen LogP contribution in [0.15, 0.2) is 48.0 Å². The van der Waals surface area contributed by atoms with E-state index in [1.54, 1.807) is 55.7 Å². The summed E-state index contributed by atoms with van der Waals surface area (Å²) in [7, 11) is 1.58. The molecule has 2 amide bonds. The molecule has 0 aromatic heterocycles. The van der Waals surface area contributed by atoms with E-state index >= 15 is 0 Å². The average Bonchev–Trinajstić information content (AvgIpc) is 2.86. The average molecular weight is 343 g/mol. The fraction of sp³-hybridized carbons (Fsp3) is 0.111. The number of anilines is 1. The standard InChI is InChI=1S/C18H15ClN2O3/c1-11-3-6-13(10-16(11)19)21-18(23)15(17(22)20-21)9-12-4-7-14(24-2)8-5-12/h3-10H,1-2H3,(H,20,22). The molecule has 1 aliphatic heterocycles. The van der Waals surface area contributed by atoms with Crippen LogP contribution >= 0.6 is 11.6 Å². The van der Waals surface area contributed by atoms with Crippen molar-refractivity contribution in [3.63, 3.8) is 0 Å². The van der Waals surface area contributed by atoms with Crippen LogP contribution in [-0.4, -0.2) is 18.9 Å². The van der Waals surface area contributed by atoms with E-state index in [2.05, 4.69) is 5.43 Å². The first kappa shape index (κ1) is 16.1. The van der Waals surface area contributed by atoms with Crippen molar-refractivity contribution in [1.82, 2.24) is 5.43 Å². The monoisotopic (exact) mass is 342 g/mol. The highest BCUT2D eigenvalue weighted by molar-refractivity contribution is 6.33. The van der Waals surface area contributed by atoms with Gasteiger partial charge in [-0.3, -0.25) is 15.0 Å². The minimum absolute atomic E-state index is 0.0665. The molecule has 0 aliphatic carbocycles. The third-order valence-corrected chi connectivity index (χ3v) is 4.14. The second-order valence-electron chi connectivity index (χ2n) is 5.35. The van der Waals surface area contributed by atoms with Crippen molar-refractivity contribution in [2.45, 2.75) is 6.92 Å². The maximum Gasteiger partial charge on any atom is 0.282 e. The van der Waals surface area contributed by atoms with Gasteiger partial charge in [0.15, 0.2) is 0 Å². The van der Waals surface area contributed by atoms with E-state index in [9.17, 15) is 9.59 Å². The molecule has 1 N–H and O–H groups in total. The predicted octanol–water partition coefficient (Wildman–Crippen LogP) is 3.12. The summed E-state index contributed by atoms with van der Waals surface area (Å²) in [4.78, 5) is 24.7. The van der Waals surface area contributed by atoms with Crippen molar-refractivity contribution < 1.29 is 14.3 Å². The molecule has 3 rings (SSSR count). The molecule has 1 heterocycles. The second kappa shape index (κ2) is 6.37. The van der Waals surface area contributed by atoms with Crippen LogP contribution < -0.4 is 15.2 Å². The van der Waals surface area contributed by atoms with Crippen LogP contribution in [0.3, 0.4) is 0 Å². The number of halogens is 1. The van der Waals surface area contributed by atoms with E-state index in [-0.39, 0.29) is 5.57 Å². The zero-order valence-electron chi connectivity index (χ0n) is 13.2. The number of ether oxygens (including phenoxy) is 1. The highest BCUT2D eigenvalue weighted by Gasteiger charge is 2.34. The Morgan fingerprint density at radius 3 is 2.46 bits per heavy atom. The molecular weight excluding hydrogens is 328 g/mol. The lowest BCUT2D eigenvalue weighted by molar-refractivity contribution is -0.117. The summed E-state index contributed by atoms with van der Waals surface area (Å²) in [6.45, 7) is 1.87. The van der Waals surface area contributed by atoms with Gasteiger partial charge in [-0.1, -0.05) is 29.8 Å². The molecule has 5 nitrogen and oxygen atoms in total. The summed E-state index contributed by atoms with van der Waals surface area (Å²) < 4.78 is 5.09. The molecule has 1 fully saturated rings. The third-order valence-electron chi connectivity index (χ3n) is 3.73. The van der Waals surface area contributed by atoms with E-state index in [0.717, 1.165) is 11.1 Å². The minimum Gasteiger partial charge on any atom is -0.497 e. The molecular formula is C18H15ClN2O3. The Morgan fingerprint density at radius 1 is 1.12 bits per heavy atom. The summed E-state index contributed by atoms with van der Waals surface area (Å²) in [5, 5.41) is 1.73. The molecule has 6 heteroatoms. The largest absolute Gasteiger partial charge is 0.497 e. The predicted molar refractivity (Wildman–Crippen MR) is 92.8 cm³/mol. The molecule has 1 saturated heterocycles. The van der Waals surface area contributed by atoms with Crippen molar-refractivity contribution in [2.75, 3.05) is 12.1 Å². The van der Waals surface area contributed by atoms with Crippen LogP contribution in [0.5, 0.6) is 5.75 Å². The van der Waals surface area contributed by atoms with Gasteiger partial charge in [-0.25, -0.2) is 5.01 Å². The Hall–Kier alpha value is -2.79. The first-order valence-corrected chi connectivity index (χ1v) is 7.65. The van der Waals surface area contributed by atoms with Gasteiger partial charge < -0.3 is 4.74 Å². The van der Waals surface area contributed by atoms with Crippen molar-refractivity contribution in [2.24, 2.45) is 0 Å².